The van der Waals surface area contributed by atoms with Crippen molar-refractivity contribution in [2.75, 3.05) is 0 Å². The summed E-state index contributed by atoms with van der Waals surface area (Å²) in [6.07, 6.45) is 0. The van der Waals surface area contributed by atoms with E-state index in [1.54, 1.807) is 36.4 Å². The number of ether oxygens (including phenoxy) is 1. The van der Waals surface area contributed by atoms with Gasteiger partial charge in [0, 0.05) is 11.1 Å². The Kier molecular flexibility index (Phi) is 4.02. The summed E-state index contributed by atoms with van der Waals surface area (Å²) in [4.78, 5) is 11.3. The third-order valence-electron chi connectivity index (χ3n) is 2.88. The van der Waals surface area contributed by atoms with Gasteiger partial charge < -0.3 is 9.84 Å². The first-order chi connectivity index (χ1) is 9.61. The summed E-state index contributed by atoms with van der Waals surface area (Å²) in [6, 6.07) is 13.6. The lowest BCUT2D eigenvalue weighted by Gasteiger charge is -2.09. The van der Waals surface area contributed by atoms with Gasteiger partial charge in [-0.3, -0.25) is 4.79 Å². The van der Waals surface area contributed by atoms with E-state index in [2.05, 4.69) is 0 Å². The van der Waals surface area contributed by atoms with Crippen LogP contribution in [0.15, 0.2) is 42.5 Å². The van der Waals surface area contributed by atoms with Crippen molar-refractivity contribution in [3.63, 3.8) is 0 Å². The van der Waals surface area contributed by atoms with Gasteiger partial charge in [0.2, 0.25) is 0 Å². The molecule has 1 N–H and O–H groups in total. The van der Waals surface area contributed by atoms with E-state index in [0.717, 1.165) is 0 Å². The van der Waals surface area contributed by atoms with E-state index < -0.39 is 0 Å². The smallest absolute Gasteiger partial charge is 0.161 e. The number of hydrogen-bond acceptors (Lipinski definition) is 4. The molecule has 2 aromatic rings. The summed E-state index contributed by atoms with van der Waals surface area (Å²) in [7, 11) is 0. The van der Waals surface area contributed by atoms with Crippen molar-refractivity contribution in [1.82, 2.24) is 0 Å². The Morgan fingerprint density at radius 1 is 1.30 bits per heavy atom. The summed E-state index contributed by atoms with van der Waals surface area (Å²) in [5.74, 6) is 0.483. The molecule has 0 saturated heterocycles. The fourth-order valence-corrected chi connectivity index (χ4v) is 1.81. The first kappa shape index (κ1) is 13.6. The minimum Gasteiger partial charge on any atom is -0.508 e. The molecule has 100 valence electrons. The van der Waals surface area contributed by atoms with Gasteiger partial charge in [-0.25, -0.2) is 0 Å². The number of hydrogen-bond donors (Lipinski definition) is 1. The molecule has 0 saturated carbocycles. The Balaban J connectivity index is 2.17. The largest absolute Gasteiger partial charge is 0.508 e. The van der Waals surface area contributed by atoms with Crippen molar-refractivity contribution < 1.29 is 14.6 Å². The van der Waals surface area contributed by atoms with Gasteiger partial charge in [-0.05, 0) is 31.2 Å². The van der Waals surface area contributed by atoms with Crippen LogP contribution in [0.1, 0.15) is 28.4 Å². The first-order valence-corrected chi connectivity index (χ1v) is 6.06. The van der Waals surface area contributed by atoms with Crippen LogP contribution in [0.2, 0.25) is 0 Å². The molecule has 2 rings (SSSR count). The molecule has 0 fully saturated rings. The zero-order chi connectivity index (χ0) is 14.5. The Labute approximate surface area is 116 Å². The number of nitrogens with zero attached hydrogens (tertiary/aromatic N) is 1. The van der Waals surface area contributed by atoms with Gasteiger partial charge in [0.15, 0.2) is 5.78 Å². The number of aromatic hydroxyl groups is 1. The van der Waals surface area contributed by atoms with E-state index in [1.807, 2.05) is 6.07 Å². The second kappa shape index (κ2) is 5.89. The van der Waals surface area contributed by atoms with E-state index in [0.29, 0.717) is 16.9 Å². The molecular weight excluding hydrogens is 254 g/mol. The molecule has 0 aliphatic heterocycles. The molecular formula is C16H13NO3. The number of carbonyl (C=O) groups is 1. The third kappa shape index (κ3) is 2.96. The highest BCUT2D eigenvalue weighted by molar-refractivity contribution is 5.96. The highest BCUT2D eigenvalue weighted by atomic mass is 16.5. The second-order valence-corrected chi connectivity index (χ2v) is 4.29. The second-order valence-electron chi connectivity index (χ2n) is 4.29. The van der Waals surface area contributed by atoms with Gasteiger partial charge in [-0.1, -0.05) is 18.2 Å². The van der Waals surface area contributed by atoms with Crippen LogP contribution in [0.3, 0.4) is 0 Å². The molecule has 0 heterocycles. The molecule has 4 heteroatoms. The summed E-state index contributed by atoms with van der Waals surface area (Å²) in [6.45, 7) is 1.61. The molecule has 0 spiro atoms. The van der Waals surface area contributed by atoms with Crippen molar-refractivity contribution in [2.24, 2.45) is 0 Å². The quantitative estimate of drug-likeness (QED) is 0.864. The standard InChI is InChI=1S/C16H13NO3/c1-11(18)15-7-6-14(8-13(15)9-17)20-10-12-4-2-3-5-16(12)19/h2-8,19H,10H2,1H3. The fourth-order valence-electron chi connectivity index (χ4n) is 1.81. The van der Waals surface area contributed by atoms with Gasteiger partial charge in [-0.15, -0.1) is 0 Å². The summed E-state index contributed by atoms with van der Waals surface area (Å²) in [5.41, 5.74) is 1.32. The van der Waals surface area contributed by atoms with Crippen LogP contribution in [-0.4, -0.2) is 10.9 Å². The van der Waals surface area contributed by atoms with Gasteiger partial charge >= 0.3 is 0 Å². The molecule has 0 atom stereocenters. The minimum absolute atomic E-state index is 0.159. The summed E-state index contributed by atoms with van der Waals surface area (Å²) in [5, 5.41) is 18.7. The Bertz CT molecular complexity index is 686. The van der Waals surface area contributed by atoms with Crippen LogP contribution in [0.4, 0.5) is 0 Å². The molecule has 0 radical (unpaired) electrons. The van der Waals surface area contributed by atoms with Crippen molar-refractivity contribution in [1.29, 1.82) is 5.26 Å². The van der Waals surface area contributed by atoms with E-state index in [-0.39, 0.29) is 23.7 Å². The van der Waals surface area contributed by atoms with Crippen molar-refractivity contribution >= 4 is 5.78 Å². The average Bonchev–Trinajstić information content (AvgIpc) is 2.46. The predicted molar refractivity (Wildman–Crippen MR) is 73.6 cm³/mol. The highest BCUT2D eigenvalue weighted by Crippen LogP contribution is 2.21. The normalized spacial score (nSPS) is 9.80. The zero-order valence-electron chi connectivity index (χ0n) is 11.0. The van der Waals surface area contributed by atoms with Crippen LogP contribution in [-0.2, 0) is 6.61 Å². The molecule has 20 heavy (non-hydrogen) atoms. The topological polar surface area (TPSA) is 70.3 Å². The lowest BCUT2D eigenvalue weighted by atomic mass is 10.1. The molecule has 0 unspecified atom stereocenters. The third-order valence-corrected chi connectivity index (χ3v) is 2.88. The van der Waals surface area contributed by atoms with Crippen molar-refractivity contribution in [3.8, 4) is 17.6 Å². The van der Waals surface area contributed by atoms with Crippen molar-refractivity contribution in [3.05, 3.63) is 59.2 Å². The maximum atomic E-state index is 11.3. The molecule has 0 aliphatic carbocycles. The summed E-state index contributed by atoms with van der Waals surface area (Å²) >= 11 is 0. The number of ketones is 1. The number of nitriles is 1. The number of phenols is 1. The molecule has 0 aromatic heterocycles. The lowest BCUT2D eigenvalue weighted by Crippen LogP contribution is -2.00. The van der Waals surface area contributed by atoms with E-state index in [9.17, 15) is 9.90 Å². The number of benzene rings is 2. The van der Waals surface area contributed by atoms with Crippen LogP contribution >= 0.6 is 0 Å². The molecule has 0 amide bonds. The maximum absolute atomic E-state index is 11.3. The minimum atomic E-state index is -0.159. The fraction of sp³-hybridized carbons (Fsp3) is 0.125. The molecule has 4 nitrogen and oxygen atoms in total. The Morgan fingerprint density at radius 2 is 2.05 bits per heavy atom. The molecule has 2 aromatic carbocycles. The van der Waals surface area contributed by atoms with Gasteiger partial charge in [-0.2, -0.15) is 5.26 Å². The van der Waals surface area contributed by atoms with Crippen LogP contribution in [0, 0.1) is 11.3 Å². The van der Waals surface area contributed by atoms with E-state index in [4.69, 9.17) is 10.00 Å². The number of para-hydroxylation sites is 1. The predicted octanol–water partition coefficient (Wildman–Crippen LogP) is 3.05. The number of phenolic OH excluding ortho intramolecular Hbond substituents is 1. The van der Waals surface area contributed by atoms with Crippen LogP contribution < -0.4 is 4.74 Å². The molecule has 0 bridgehead atoms. The van der Waals surface area contributed by atoms with Crippen molar-refractivity contribution in [2.45, 2.75) is 13.5 Å². The van der Waals surface area contributed by atoms with E-state index >= 15 is 0 Å². The Morgan fingerprint density at radius 3 is 2.70 bits per heavy atom. The lowest BCUT2D eigenvalue weighted by molar-refractivity contribution is 0.101. The summed E-state index contributed by atoms with van der Waals surface area (Å²) < 4.78 is 5.53. The SMILES string of the molecule is CC(=O)c1ccc(OCc2ccccc2O)cc1C#N. The average molecular weight is 267 g/mol. The highest BCUT2D eigenvalue weighted by Gasteiger charge is 2.09. The maximum Gasteiger partial charge on any atom is 0.161 e. The van der Waals surface area contributed by atoms with Gasteiger partial charge in [0.05, 0.1) is 5.56 Å². The van der Waals surface area contributed by atoms with E-state index in [1.165, 1.54) is 13.0 Å². The van der Waals surface area contributed by atoms with Crippen LogP contribution in [0.5, 0.6) is 11.5 Å². The zero-order valence-corrected chi connectivity index (χ0v) is 11.0. The first-order valence-electron chi connectivity index (χ1n) is 6.06. The molecule has 0 aliphatic rings. The Hall–Kier alpha value is -2.80. The van der Waals surface area contributed by atoms with Gasteiger partial charge in [0.25, 0.3) is 0 Å². The van der Waals surface area contributed by atoms with Gasteiger partial charge in [0.1, 0.15) is 24.2 Å². The van der Waals surface area contributed by atoms with Crippen LogP contribution in [0.25, 0.3) is 0 Å². The monoisotopic (exact) mass is 267 g/mol. The number of carbonyl (C=O) groups excluding carboxylic acids is 1. The number of rotatable bonds is 4. The number of Topliss-reactive ketones (excluding diaryl/α,β-unsaturated/α-hetero) is 1.